The highest BCUT2D eigenvalue weighted by atomic mass is 16.7. The summed E-state index contributed by atoms with van der Waals surface area (Å²) < 4.78 is 40.9. The van der Waals surface area contributed by atoms with Gasteiger partial charge in [0.2, 0.25) is 0 Å². The summed E-state index contributed by atoms with van der Waals surface area (Å²) in [6, 6.07) is 0. The van der Waals surface area contributed by atoms with Gasteiger partial charge < -0.3 is 94.4 Å². The fourth-order valence-electron chi connectivity index (χ4n) is 13.8. The lowest BCUT2D eigenvalue weighted by molar-refractivity contribution is -0.336. The molecule has 0 radical (unpaired) electrons. The van der Waals surface area contributed by atoms with Gasteiger partial charge in [0.1, 0.15) is 67.1 Å². The first-order valence-corrected chi connectivity index (χ1v) is 23.3. The molecular weight excluding hydrogens is 832 g/mol. The SMILES string of the molecule is C[C@H](CC[C@]1(O)O[C@H]2C[C@H]3[C@@H]4CC[C@H]5C[C@@H](O[C@@H]6O[C@H](CO[C@@H]7OC[C@@H](O)[C@H](O)[C@H]7O)[C@@H](O)[C@H](O)[C@H]6O)[C@H](O)C[C@]5(C)[C@H]4CC[C@]3(C)[C@H]2[C@@H]1C)CO[C@@H]1O[C@H](CO)[C@@H](O)[C@H](O)[C@H]1O. The standard InChI is InChI=1S/C44H74O19/c1-18(15-57-40-37(54)34(51)32(49)28(14-45)61-40)7-10-44(56)19(2)30-27(63-44)12-23-21-6-5-20-11-26(24(46)13-43(20,4)22(21)8-9-42(23,30)3)60-41-38(55)35(52)33(50)29(62-41)17-59-39-36(53)31(48)25(47)16-58-39/h18-41,45-56H,5-17H2,1-4H3/t18-,19+,20+,21-,22+,23+,24-,25-,26-,27+,28-,29-,30+,31+,32-,33-,34+,35+,36-,37-,38-,39+,40-,41-,42+,43+,44+/m1/s1. The van der Waals surface area contributed by atoms with Gasteiger partial charge in [-0.15, -0.1) is 0 Å². The fraction of sp³-hybridized carbons (Fsp3) is 1.00. The molecule has 364 valence electrons. The van der Waals surface area contributed by atoms with Gasteiger partial charge in [-0.05, 0) is 97.7 Å². The van der Waals surface area contributed by atoms with Crippen LogP contribution in [0.2, 0.25) is 0 Å². The van der Waals surface area contributed by atoms with Crippen LogP contribution in [0.1, 0.15) is 85.5 Å². The Bertz CT molecular complexity index is 1550. The highest BCUT2D eigenvalue weighted by molar-refractivity contribution is 5.15. The minimum atomic E-state index is -1.66. The third kappa shape index (κ3) is 8.69. The van der Waals surface area contributed by atoms with E-state index in [2.05, 4.69) is 20.8 Å². The number of hydrogen-bond donors (Lipinski definition) is 12. The van der Waals surface area contributed by atoms with Gasteiger partial charge in [0.25, 0.3) is 0 Å². The van der Waals surface area contributed by atoms with Crippen molar-refractivity contribution >= 4 is 0 Å². The van der Waals surface area contributed by atoms with Crippen LogP contribution in [-0.4, -0.2) is 198 Å². The van der Waals surface area contributed by atoms with Crippen LogP contribution in [0.3, 0.4) is 0 Å². The Hall–Kier alpha value is -0.760. The Morgan fingerprint density at radius 1 is 0.698 bits per heavy atom. The van der Waals surface area contributed by atoms with Crippen molar-refractivity contribution in [2.24, 2.45) is 52.3 Å². The van der Waals surface area contributed by atoms with Gasteiger partial charge in [0.15, 0.2) is 24.7 Å². The maximum absolute atomic E-state index is 12.0. The van der Waals surface area contributed by atoms with E-state index < -0.39 is 117 Å². The molecule has 0 spiro atoms. The van der Waals surface area contributed by atoms with E-state index in [0.717, 1.165) is 32.1 Å². The Labute approximate surface area is 368 Å². The molecule has 4 aliphatic heterocycles. The van der Waals surface area contributed by atoms with Gasteiger partial charge in [-0.2, -0.15) is 0 Å². The second-order valence-corrected chi connectivity index (χ2v) is 21.2. The van der Waals surface area contributed by atoms with E-state index in [0.29, 0.717) is 43.4 Å². The lowest BCUT2D eigenvalue weighted by atomic mass is 9.44. The predicted molar refractivity (Wildman–Crippen MR) is 214 cm³/mol. The molecule has 4 saturated carbocycles. The summed E-state index contributed by atoms with van der Waals surface area (Å²) in [5.41, 5.74) is -0.225. The maximum Gasteiger partial charge on any atom is 0.187 e. The molecule has 27 atom stereocenters. The van der Waals surface area contributed by atoms with E-state index in [1.807, 2.05) is 6.92 Å². The van der Waals surface area contributed by atoms with Gasteiger partial charge >= 0.3 is 0 Å². The highest BCUT2D eigenvalue weighted by Gasteiger charge is 2.69. The summed E-state index contributed by atoms with van der Waals surface area (Å²) in [5, 5.41) is 126. The maximum atomic E-state index is 12.0. The minimum Gasteiger partial charge on any atom is -0.394 e. The van der Waals surface area contributed by atoms with E-state index in [1.165, 1.54) is 0 Å². The molecule has 0 amide bonds. The molecule has 63 heavy (non-hydrogen) atoms. The van der Waals surface area contributed by atoms with E-state index in [4.69, 9.17) is 33.2 Å². The van der Waals surface area contributed by atoms with Crippen LogP contribution in [0.4, 0.5) is 0 Å². The summed E-state index contributed by atoms with van der Waals surface area (Å²) in [6.07, 6.45) is -14.9. The third-order valence-electron chi connectivity index (χ3n) is 17.6. The van der Waals surface area contributed by atoms with Crippen LogP contribution in [0, 0.1) is 52.3 Å². The first-order chi connectivity index (χ1) is 29.7. The topological polar surface area (TPSA) is 307 Å². The van der Waals surface area contributed by atoms with Crippen LogP contribution < -0.4 is 0 Å². The Morgan fingerprint density at radius 3 is 2.08 bits per heavy atom. The number of rotatable bonds is 12. The number of aliphatic hydroxyl groups is 12. The summed E-state index contributed by atoms with van der Waals surface area (Å²) in [7, 11) is 0. The van der Waals surface area contributed by atoms with Crippen LogP contribution in [0.5, 0.6) is 0 Å². The molecule has 0 bridgehead atoms. The summed E-state index contributed by atoms with van der Waals surface area (Å²) in [4.78, 5) is 0. The second-order valence-electron chi connectivity index (χ2n) is 21.2. The van der Waals surface area contributed by atoms with E-state index in [9.17, 15) is 61.3 Å². The van der Waals surface area contributed by atoms with Crippen molar-refractivity contribution in [3.8, 4) is 0 Å². The summed E-state index contributed by atoms with van der Waals surface area (Å²) in [5.74, 6) is 0.0396. The molecule has 0 unspecified atom stereocenters. The molecule has 4 saturated heterocycles. The number of ether oxygens (including phenoxy) is 7. The molecule has 19 nitrogen and oxygen atoms in total. The van der Waals surface area contributed by atoms with Gasteiger partial charge in [0, 0.05) is 12.3 Å². The molecule has 4 heterocycles. The van der Waals surface area contributed by atoms with Crippen LogP contribution in [0.15, 0.2) is 0 Å². The molecule has 0 aromatic heterocycles. The van der Waals surface area contributed by atoms with Crippen molar-refractivity contribution in [3.05, 3.63) is 0 Å². The molecule has 8 rings (SSSR count). The zero-order valence-electron chi connectivity index (χ0n) is 36.8. The molecule has 19 heteroatoms. The molecule has 0 aromatic rings. The normalized spacial score (nSPS) is 56.3. The monoisotopic (exact) mass is 906 g/mol. The number of hydrogen-bond acceptors (Lipinski definition) is 19. The average molecular weight is 907 g/mol. The zero-order chi connectivity index (χ0) is 45.5. The zero-order valence-corrected chi connectivity index (χ0v) is 36.8. The highest BCUT2D eigenvalue weighted by Crippen LogP contribution is 2.71. The second kappa shape index (κ2) is 18.6. The van der Waals surface area contributed by atoms with Crippen LogP contribution >= 0.6 is 0 Å². The summed E-state index contributed by atoms with van der Waals surface area (Å²) in [6.45, 7) is 7.67. The first kappa shape index (κ1) is 48.7. The van der Waals surface area contributed by atoms with E-state index in [-0.39, 0.29) is 53.8 Å². The smallest absolute Gasteiger partial charge is 0.187 e. The van der Waals surface area contributed by atoms with Crippen LogP contribution in [-0.2, 0) is 33.2 Å². The lowest BCUT2D eigenvalue weighted by Gasteiger charge is -2.62. The average Bonchev–Trinajstić information content (AvgIpc) is 3.69. The summed E-state index contributed by atoms with van der Waals surface area (Å²) >= 11 is 0. The molecule has 8 aliphatic rings. The van der Waals surface area contributed by atoms with E-state index >= 15 is 0 Å². The van der Waals surface area contributed by atoms with Crippen molar-refractivity contribution in [2.75, 3.05) is 26.4 Å². The Morgan fingerprint density at radius 2 is 1.37 bits per heavy atom. The van der Waals surface area contributed by atoms with Gasteiger partial charge in [-0.3, -0.25) is 0 Å². The molecular formula is C44H74O19. The van der Waals surface area contributed by atoms with Gasteiger partial charge in [-0.25, -0.2) is 0 Å². The Balaban J connectivity index is 0.848. The minimum absolute atomic E-state index is 0.0436. The van der Waals surface area contributed by atoms with Crippen molar-refractivity contribution < 1.29 is 94.4 Å². The third-order valence-corrected chi connectivity index (χ3v) is 17.6. The van der Waals surface area contributed by atoms with Crippen molar-refractivity contribution in [1.82, 2.24) is 0 Å². The van der Waals surface area contributed by atoms with Gasteiger partial charge in [0.05, 0.1) is 44.7 Å². The number of fused-ring (bicyclic) bond motifs is 7. The van der Waals surface area contributed by atoms with Crippen molar-refractivity contribution in [2.45, 2.75) is 196 Å². The molecule has 8 fully saturated rings. The first-order valence-electron chi connectivity index (χ1n) is 23.3. The fourth-order valence-corrected chi connectivity index (χ4v) is 13.8. The van der Waals surface area contributed by atoms with Crippen LogP contribution in [0.25, 0.3) is 0 Å². The number of aliphatic hydroxyl groups excluding tert-OH is 11. The Kier molecular flexibility index (Phi) is 14.4. The van der Waals surface area contributed by atoms with Crippen molar-refractivity contribution in [1.29, 1.82) is 0 Å². The molecule has 4 aliphatic carbocycles. The largest absolute Gasteiger partial charge is 0.394 e. The quantitative estimate of drug-likeness (QED) is 0.0928. The van der Waals surface area contributed by atoms with Crippen molar-refractivity contribution in [3.63, 3.8) is 0 Å². The lowest BCUT2D eigenvalue weighted by Crippen LogP contribution is -2.62. The predicted octanol–water partition coefficient (Wildman–Crippen LogP) is -2.17. The molecule has 12 N–H and O–H groups in total. The molecule has 0 aromatic carbocycles. The van der Waals surface area contributed by atoms with Gasteiger partial charge in [-0.1, -0.05) is 27.7 Å². The van der Waals surface area contributed by atoms with E-state index in [1.54, 1.807) is 0 Å².